The molecule has 0 radical (unpaired) electrons. The molecule has 5 nitrogen and oxygen atoms in total. The van der Waals surface area contributed by atoms with Crippen LogP contribution in [0.4, 0.5) is 0 Å². The van der Waals surface area contributed by atoms with Gasteiger partial charge in [-0.1, -0.05) is 0 Å². The summed E-state index contributed by atoms with van der Waals surface area (Å²) < 4.78 is 2.10. The van der Waals surface area contributed by atoms with Gasteiger partial charge in [0.05, 0.1) is 23.6 Å². The van der Waals surface area contributed by atoms with Crippen LogP contribution >= 0.6 is 11.3 Å². The average molecular weight is 276 g/mol. The van der Waals surface area contributed by atoms with Crippen molar-refractivity contribution in [3.63, 3.8) is 0 Å². The topological polar surface area (TPSA) is 51.0 Å². The molecule has 0 spiro atoms. The molecule has 1 aliphatic rings. The molecule has 0 bridgehead atoms. The second-order valence-electron chi connectivity index (χ2n) is 4.82. The van der Waals surface area contributed by atoms with Gasteiger partial charge < -0.3 is 9.47 Å². The fourth-order valence-electron chi connectivity index (χ4n) is 2.52. The number of amides is 1. The summed E-state index contributed by atoms with van der Waals surface area (Å²) in [4.78, 5) is 23.4. The summed E-state index contributed by atoms with van der Waals surface area (Å²) in [6.45, 7) is 3.48. The van der Waals surface area contributed by atoms with E-state index < -0.39 is 0 Å². The van der Waals surface area contributed by atoms with Gasteiger partial charge in [0, 0.05) is 25.5 Å². The van der Waals surface area contributed by atoms with Gasteiger partial charge >= 0.3 is 0 Å². The lowest BCUT2D eigenvalue weighted by Gasteiger charge is -2.33. The Morgan fingerprint density at radius 2 is 2.42 bits per heavy atom. The van der Waals surface area contributed by atoms with Crippen LogP contribution in [0.5, 0.6) is 0 Å². The molecule has 6 heteroatoms. The molecule has 1 saturated heterocycles. The van der Waals surface area contributed by atoms with Gasteiger partial charge in [-0.15, -0.1) is 11.3 Å². The van der Waals surface area contributed by atoms with E-state index in [0.717, 1.165) is 36.5 Å². The van der Waals surface area contributed by atoms with Crippen molar-refractivity contribution in [3.8, 4) is 0 Å². The number of nitrogens with zero attached hydrogens (tertiary/aromatic N) is 4. The molecule has 19 heavy (non-hydrogen) atoms. The molecule has 2 aromatic heterocycles. The highest BCUT2D eigenvalue weighted by atomic mass is 32.1. The first-order valence-corrected chi connectivity index (χ1v) is 7.30. The molecule has 0 aliphatic carbocycles. The van der Waals surface area contributed by atoms with Crippen molar-refractivity contribution in [3.05, 3.63) is 34.8 Å². The molecule has 0 aromatic carbocycles. The molecule has 0 saturated carbocycles. The Labute approximate surface area is 115 Å². The Balaban J connectivity index is 1.75. The van der Waals surface area contributed by atoms with Crippen molar-refractivity contribution in [2.24, 2.45) is 0 Å². The SMILES string of the molecule is Cc1ncsc1C(=O)N1CCC[C@@H](n2ccnc2)C1. The van der Waals surface area contributed by atoms with Gasteiger partial charge in [0.2, 0.25) is 0 Å². The van der Waals surface area contributed by atoms with Crippen molar-refractivity contribution in [1.29, 1.82) is 0 Å². The number of aryl methyl sites for hydroxylation is 1. The first-order chi connectivity index (χ1) is 9.25. The average Bonchev–Trinajstić information content (AvgIpc) is 3.09. The molecule has 2 aromatic rings. The van der Waals surface area contributed by atoms with Crippen molar-refractivity contribution in [2.75, 3.05) is 13.1 Å². The minimum atomic E-state index is 0.116. The Morgan fingerprint density at radius 3 is 3.11 bits per heavy atom. The van der Waals surface area contributed by atoms with Crippen molar-refractivity contribution < 1.29 is 4.79 Å². The summed E-state index contributed by atoms with van der Waals surface area (Å²) in [5, 5.41) is 0. The molecule has 3 rings (SSSR count). The first-order valence-electron chi connectivity index (χ1n) is 6.42. The van der Waals surface area contributed by atoms with Crippen molar-refractivity contribution in [2.45, 2.75) is 25.8 Å². The van der Waals surface area contributed by atoms with Crippen LogP contribution in [0, 0.1) is 6.92 Å². The summed E-state index contributed by atoms with van der Waals surface area (Å²) in [6.07, 6.45) is 7.72. The van der Waals surface area contributed by atoms with Crippen LogP contribution in [0.2, 0.25) is 0 Å². The smallest absolute Gasteiger partial charge is 0.265 e. The molecule has 3 heterocycles. The number of likely N-dealkylation sites (tertiary alicyclic amines) is 1. The number of carbonyl (C=O) groups is 1. The number of imidazole rings is 1. The zero-order chi connectivity index (χ0) is 13.2. The molecular weight excluding hydrogens is 260 g/mol. The van der Waals surface area contributed by atoms with E-state index in [0.29, 0.717) is 6.04 Å². The van der Waals surface area contributed by atoms with E-state index in [1.165, 1.54) is 11.3 Å². The van der Waals surface area contributed by atoms with E-state index in [1.54, 1.807) is 11.7 Å². The number of rotatable bonds is 2. The normalized spacial score (nSPS) is 19.6. The minimum absolute atomic E-state index is 0.116. The molecule has 1 fully saturated rings. The third-order valence-electron chi connectivity index (χ3n) is 3.57. The predicted molar refractivity (Wildman–Crippen MR) is 73.3 cm³/mol. The maximum absolute atomic E-state index is 12.5. The first kappa shape index (κ1) is 12.3. The fraction of sp³-hybridized carbons (Fsp3) is 0.462. The second-order valence-corrected chi connectivity index (χ2v) is 5.68. The molecule has 100 valence electrons. The van der Waals surface area contributed by atoms with Crippen molar-refractivity contribution in [1.82, 2.24) is 19.4 Å². The van der Waals surface area contributed by atoms with Gasteiger partial charge in [-0.25, -0.2) is 9.97 Å². The molecule has 1 atom stereocenters. The van der Waals surface area contributed by atoms with Gasteiger partial charge in [-0.05, 0) is 19.8 Å². The highest BCUT2D eigenvalue weighted by molar-refractivity contribution is 7.11. The van der Waals surface area contributed by atoms with Crippen LogP contribution < -0.4 is 0 Å². The summed E-state index contributed by atoms with van der Waals surface area (Å²) >= 11 is 1.43. The summed E-state index contributed by atoms with van der Waals surface area (Å²) in [7, 11) is 0. The van der Waals surface area contributed by atoms with Crippen LogP contribution in [0.25, 0.3) is 0 Å². The molecular formula is C13H16N4OS. The van der Waals surface area contributed by atoms with Crippen molar-refractivity contribution >= 4 is 17.2 Å². The van der Waals surface area contributed by atoms with Gasteiger partial charge in [0.25, 0.3) is 5.91 Å². The molecule has 0 unspecified atom stereocenters. The lowest BCUT2D eigenvalue weighted by atomic mass is 10.1. The third-order valence-corrected chi connectivity index (χ3v) is 4.49. The van der Waals surface area contributed by atoms with Gasteiger partial charge in [0.15, 0.2) is 0 Å². The summed E-state index contributed by atoms with van der Waals surface area (Å²) in [5.74, 6) is 0.116. The highest BCUT2D eigenvalue weighted by Crippen LogP contribution is 2.24. The van der Waals surface area contributed by atoms with Crippen LogP contribution in [-0.2, 0) is 0 Å². The maximum atomic E-state index is 12.5. The third kappa shape index (κ3) is 2.40. The van der Waals surface area contributed by atoms with Gasteiger partial charge in [-0.3, -0.25) is 4.79 Å². The largest absolute Gasteiger partial charge is 0.336 e. The number of piperidine rings is 1. The van der Waals surface area contributed by atoms with Gasteiger partial charge in [0.1, 0.15) is 4.88 Å². The quantitative estimate of drug-likeness (QED) is 0.844. The number of hydrogen-bond donors (Lipinski definition) is 0. The van der Waals surface area contributed by atoms with Crippen LogP contribution in [0.3, 0.4) is 0 Å². The summed E-state index contributed by atoms with van der Waals surface area (Å²) in [5.41, 5.74) is 2.57. The summed E-state index contributed by atoms with van der Waals surface area (Å²) in [6, 6.07) is 0.341. The lowest BCUT2D eigenvalue weighted by molar-refractivity contribution is 0.0683. The Morgan fingerprint density at radius 1 is 1.53 bits per heavy atom. The zero-order valence-corrected chi connectivity index (χ0v) is 11.6. The monoisotopic (exact) mass is 276 g/mol. The Hall–Kier alpha value is -1.69. The van der Waals surface area contributed by atoms with Crippen LogP contribution in [0.15, 0.2) is 24.2 Å². The second kappa shape index (κ2) is 5.13. The van der Waals surface area contributed by atoms with E-state index in [-0.39, 0.29) is 5.91 Å². The molecule has 1 amide bonds. The van der Waals surface area contributed by atoms with E-state index >= 15 is 0 Å². The highest BCUT2D eigenvalue weighted by Gasteiger charge is 2.26. The minimum Gasteiger partial charge on any atom is -0.336 e. The van der Waals surface area contributed by atoms with E-state index in [9.17, 15) is 4.79 Å². The van der Waals surface area contributed by atoms with Crippen LogP contribution in [0.1, 0.15) is 34.2 Å². The number of aromatic nitrogens is 3. The lowest BCUT2D eigenvalue weighted by Crippen LogP contribution is -2.40. The Kier molecular flexibility index (Phi) is 3.33. The maximum Gasteiger partial charge on any atom is 0.265 e. The molecule has 0 N–H and O–H groups in total. The van der Waals surface area contributed by atoms with Crippen LogP contribution in [-0.4, -0.2) is 38.4 Å². The zero-order valence-electron chi connectivity index (χ0n) is 10.8. The van der Waals surface area contributed by atoms with Gasteiger partial charge in [-0.2, -0.15) is 0 Å². The standard InChI is InChI=1S/C13H16N4OS/c1-10-12(19-9-15-10)13(18)16-5-2-3-11(7-16)17-6-4-14-8-17/h4,6,8-9,11H,2-3,5,7H2,1H3/t11-/m1/s1. The van der Waals surface area contributed by atoms with E-state index in [2.05, 4.69) is 14.5 Å². The van der Waals surface area contributed by atoms with E-state index in [1.807, 2.05) is 24.3 Å². The molecule has 1 aliphatic heterocycles. The number of thiazole rings is 1. The number of hydrogen-bond acceptors (Lipinski definition) is 4. The Bertz CT molecular complexity index is 563. The predicted octanol–water partition coefficient (Wildman–Crippen LogP) is 2.13. The van der Waals surface area contributed by atoms with E-state index in [4.69, 9.17) is 0 Å². The number of carbonyl (C=O) groups excluding carboxylic acids is 1. The fourth-order valence-corrected chi connectivity index (χ4v) is 3.29.